The van der Waals surface area contributed by atoms with Crippen LogP contribution in [0, 0.1) is 5.41 Å². The van der Waals surface area contributed by atoms with Crippen molar-refractivity contribution in [1.82, 2.24) is 0 Å². The summed E-state index contributed by atoms with van der Waals surface area (Å²) in [4.78, 5) is 0. The predicted molar refractivity (Wildman–Crippen MR) is 160 cm³/mol. The molecule has 0 saturated heterocycles. The van der Waals surface area contributed by atoms with E-state index in [0.717, 1.165) is 6.42 Å². The van der Waals surface area contributed by atoms with Gasteiger partial charge in [0.05, 0.1) is 6.10 Å². The van der Waals surface area contributed by atoms with Crippen LogP contribution in [0.4, 0.5) is 0 Å². The van der Waals surface area contributed by atoms with Crippen molar-refractivity contribution < 1.29 is 5.11 Å². The molecule has 0 aromatic carbocycles. The van der Waals surface area contributed by atoms with Gasteiger partial charge in [0, 0.05) is 0 Å². The van der Waals surface area contributed by atoms with Gasteiger partial charge in [-0.05, 0) is 31.1 Å². The molecule has 0 aromatic heterocycles. The Balaban J connectivity index is 4.49. The van der Waals surface area contributed by atoms with Gasteiger partial charge in [0.1, 0.15) is 0 Å². The third-order valence-corrected chi connectivity index (χ3v) is 8.62. The van der Waals surface area contributed by atoms with Gasteiger partial charge in [-0.25, -0.2) is 0 Å². The summed E-state index contributed by atoms with van der Waals surface area (Å²) in [7, 11) is 0. The zero-order chi connectivity index (χ0) is 25.9. The second-order valence-corrected chi connectivity index (χ2v) is 12.0. The fourth-order valence-corrected chi connectivity index (χ4v) is 6.07. The van der Waals surface area contributed by atoms with Gasteiger partial charge >= 0.3 is 0 Å². The van der Waals surface area contributed by atoms with E-state index in [0.29, 0.717) is 0 Å². The van der Waals surface area contributed by atoms with E-state index in [1.807, 2.05) is 0 Å². The van der Waals surface area contributed by atoms with Crippen LogP contribution in [0.2, 0.25) is 0 Å². The molecule has 1 unspecified atom stereocenters. The van der Waals surface area contributed by atoms with Crippen LogP contribution in [0.3, 0.4) is 0 Å². The van der Waals surface area contributed by atoms with E-state index in [4.69, 9.17) is 0 Å². The van der Waals surface area contributed by atoms with E-state index in [2.05, 4.69) is 27.7 Å². The fraction of sp³-hybridized carbons (Fsp3) is 1.00. The quantitative estimate of drug-likeness (QED) is 0.102. The molecule has 0 amide bonds. The maximum atomic E-state index is 11.6. The SMILES string of the molecule is CCCCCCCCCCCCCCC(O)C(CCCCCC)(CCCCCC)CCCCCC. The van der Waals surface area contributed by atoms with Gasteiger partial charge in [0.25, 0.3) is 0 Å². The molecule has 1 N–H and O–H groups in total. The van der Waals surface area contributed by atoms with E-state index in [-0.39, 0.29) is 11.5 Å². The summed E-state index contributed by atoms with van der Waals surface area (Å²) >= 11 is 0. The Kier molecular flexibility index (Phi) is 27.0. The van der Waals surface area contributed by atoms with Crippen molar-refractivity contribution >= 4 is 0 Å². The Bertz CT molecular complexity index is 359. The van der Waals surface area contributed by atoms with Crippen LogP contribution < -0.4 is 0 Å². The third kappa shape index (κ3) is 20.7. The Morgan fingerprint density at radius 2 is 0.629 bits per heavy atom. The topological polar surface area (TPSA) is 20.2 Å². The number of hydrogen-bond acceptors (Lipinski definition) is 1. The van der Waals surface area contributed by atoms with Gasteiger partial charge < -0.3 is 5.11 Å². The first kappa shape index (κ1) is 35.0. The largest absolute Gasteiger partial charge is 0.393 e. The number of aliphatic hydroxyl groups excluding tert-OH is 1. The van der Waals surface area contributed by atoms with Crippen LogP contribution in [0.25, 0.3) is 0 Å². The van der Waals surface area contributed by atoms with Gasteiger partial charge in [-0.15, -0.1) is 0 Å². The number of aliphatic hydroxyl groups is 1. The second kappa shape index (κ2) is 27.0. The maximum absolute atomic E-state index is 11.6. The van der Waals surface area contributed by atoms with Crippen molar-refractivity contribution in [2.75, 3.05) is 0 Å². The molecule has 0 heterocycles. The van der Waals surface area contributed by atoms with Crippen molar-refractivity contribution in [1.29, 1.82) is 0 Å². The van der Waals surface area contributed by atoms with Crippen LogP contribution in [0.1, 0.15) is 207 Å². The molecule has 212 valence electrons. The zero-order valence-corrected chi connectivity index (χ0v) is 25.3. The van der Waals surface area contributed by atoms with Crippen LogP contribution >= 0.6 is 0 Å². The molecule has 1 atom stereocenters. The summed E-state index contributed by atoms with van der Waals surface area (Å²) in [5.74, 6) is 0. The minimum absolute atomic E-state index is 0.0736. The van der Waals surface area contributed by atoms with Crippen LogP contribution in [0.15, 0.2) is 0 Å². The molecule has 0 bridgehead atoms. The lowest BCUT2D eigenvalue weighted by Gasteiger charge is -2.39. The summed E-state index contributed by atoms with van der Waals surface area (Å²) in [6.07, 6.45) is 37.6. The molecular formula is C34H70O. The molecule has 35 heavy (non-hydrogen) atoms. The number of hydrogen-bond donors (Lipinski definition) is 1. The Morgan fingerprint density at radius 1 is 0.371 bits per heavy atom. The summed E-state index contributed by atoms with van der Waals surface area (Å²) in [5.41, 5.74) is 0.201. The first-order chi connectivity index (χ1) is 17.2. The van der Waals surface area contributed by atoms with E-state index in [9.17, 15) is 5.11 Å². The average Bonchev–Trinajstić information content (AvgIpc) is 2.87. The molecule has 0 spiro atoms. The van der Waals surface area contributed by atoms with Crippen molar-refractivity contribution in [3.8, 4) is 0 Å². The van der Waals surface area contributed by atoms with Gasteiger partial charge in [0.15, 0.2) is 0 Å². The van der Waals surface area contributed by atoms with Crippen molar-refractivity contribution in [3.63, 3.8) is 0 Å². The summed E-state index contributed by atoms with van der Waals surface area (Å²) in [5, 5.41) is 11.6. The highest BCUT2D eigenvalue weighted by Crippen LogP contribution is 2.42. The smallest absolute Gasteiger partial charge is 0.0596 e. The highest BCUT2D eigenvalue weighted by atomic mass is 16.3. The molecule has 1 nitrogen and oxygen atoms in total. The monoisotopic (exact) mass is 495 g/mol. The number of unbranched alkanes of at least 4 members (excludes halogenated alkanes) is 20. The lowest BCUT2D eigenvalue weighted by molar-refractivity contribution is -0.00888. The van der Waals surface area contributed by atoms with Gasteiger partial charge in [-0.2, -0.15) is 0 Å². The average molecular weight is 495 g/mol. The first-order valence-electron chi connectivity index (χ1n) is 16.8. The van der Waals surface area contributed by atoms with Crippen molar-refractivity contribution in [2.24, 2.45) is 5.41 Å². The van der Waals surface area contributed by atoms with Gasteiger partial charge in [-0.1, -0.05) is 182 Å². The van der Waals surface area contributed by atoms with E-state index in [1.165, 1.54) is 173 Å². The lowest BCUT2D eigenvalue weighted by atomic mass is 9.68. The molecule has 0 saturated carbocycles. The summed E-state index contributed by atoms with van der Waals surface area (Å²) in [6, 6.07) is 0. The molecule has 0 aliphatic heterocycles. The number of rotatable bonds is 29. The Labute approximate surface area is 224 Å². The summed E-state index contributed by atoms with van der Waals surface area (Å²) < 4.78 is 0. The zero-order valence-electron chi connectivity index (χ0n) is 25.3. The molecule has 0 rings (SSSR count). The maximum Gasteiger partial charge on any atom is 0.0596 e. The molecule has 0 aliphatic carbocycles. The highest BCUT2D eigenvalue weighted by Gasteiger charge is 2.35. The predicted octanol–water partition coefficient (Wildman–Crippen LogP) is 12.3. The molecule has 0 radical (unpaired) electrons. The standard InChI is InChI=1S/C34H70O/c1-5-9-13-17-18-19-20-21-22-23-24-25-29-33(35)34(30-26-14-10-6-2,31-27-15-11-7-3)32-28-16-12-8-4/h33,35H,5-32H2,1-4H3. The van der Waals surface area contributed by atoms with Gasteiger partial charge in [0.2, 0.25) is 0 Å². The van der Waals surface area contributed by atoms with Crippen LogP contribution in [0.5, 0.6) is 0 Å². The molecule has 1 heteroatoms. The highest BCUT2D eigenvalue weighted by molar-refractivity contribution is 4.87. The van der Waals surface area contributed by atoms with Crippen molar-refractivity contribution in [2.45, 2.75) is 214 Å². The Hall–Kier alpha value is -0.0400. The van der Waals surface area contributed by atoms with E-state index < -0.39 is 0 Å². The van der Waals surface area contributed by atoms with Gasteiger partial charge in [-0.3, -0.25) is 0 Å². The Morgan fingerprint density at radius 3 is 0.943 bits per heavy atom. The van der Waals surface area contributed by atoms with E-state index >= 15 is 0 Å². The third-order valence-electron chi connectivity index (χ3n) is 8.62. The van der Waals surface area contributed by atoms with E-state index in [1.54, 1.807) is 0 Å². The second-order valence-electron chi connectivity index (χ2n) is 12.0. The lowest BCUT2D eigenvalue weighted by Crippen LogP contribution is -2.35. The van der Waals surface area contributed by atoms with Crippen molar-refractivity contribution in [3.05, 3.63) is 0 Å². The fourth-order valence-electron chi connectivity index (χ4n) is 6.07. The molecule has 0 aliphatic rings. The van der Waals surface area contributed by atoms with Crippen LogP contribution in [-0.2, 0) is 0 Å². The molecular weight excluding hydrogens is 424 g/mol. The normalized spacial score (nSPS) is 12.9. The molecule has 0 aromatic rings. The first-order valence-corrected chi connectivity index (χ1v) is 16.8. The molecule has 0 fully saturated rings. The summed E-state index contributed by atoms with van der Waals surface area (Å²) in [6.45, 7) is 9.23. The minimum Gasteiger partial charge on any atom is -0.393 e. The van der Waals surface area contributed by atoms with Crippen LogP contribution in [-0.4, -0.2) is 11.2 Å². The minimum atomic E-state index is -0.0736.